The molecule has 1 heterocycles. The molecule has 0 amide bonds. The van der Waals surface area contributed by atoms with E-state index in [9.17, 15) is 13.2 Å². The number of esters is 1. The summed E-state index contributed by atoms with van der Waals surface area (Å²) in [6.45, 7) is 0.0561. The molecule has 0 radical (unpaired) electrons. The molecule has 0 unspecified atom stereocenters. The van der Waals surface area contributed by atoms with Crippen LogP contribution in [-0.2, 0) is 26.1 Å². The van der Waals surface area contributed by atoms with Crippen molar-refractivity contribution in [1.82, 2.24) is 9.88 Å². The SMILES string of the molecule is COC(=O)CCCS(=O)(=O)NCc1ccno1. The molecule has 7 nitrogen and oxygen atoms in total. The number of methoxy groups -OCH3 is 1. The number of nitrogens with one attached hydrogen (secondary N) is 1. The Morgan fingerprint density at radius 2 is 2.35 bits per heavy atom. The first-order valence-electron chi connectivity index (χ1n) is 4.97. The lowest BCUT2D eigenvalue weighted by atomic mass is 10.3. The third-order valence-electron chi connectivity index (χ3n) is 1.98. The van der Waals surface area contributed by atoms with Gasteiger partial charge in [-0.05, 0) is 6.42 Å². The topological polar surface area (TPSA) is 98.5 Å². The van der Waals surface area contributed by atoms with Crippen LogP contribution in [0.25, 0.3) is 0 Å². The minimum absolute atomic E-state index is 0.0561. The molecular formula is C9H14N2O5S. The second kappa shape index (κ2) is 6.36. The van der Waals surface area contributed by atoms with Crippen molar-refractivity contribution in [2.24, 2.45) is 0 Å². The van der Waals surface area contributed by atoms with E-state index in [1.165, 1.54) is 13.3 Å². The maximum Gasteiger partial charge on any atom is 0.305 e. The number of hydrogen-bond acceptors (Lipinski definition) is 6. The highest BCUT2D eigenvalue weighted by Gasteiger charge is 2.12. The van der Waals surface area contributed by atoms with Gasteiger partial charge >= 0.3 is 5.97 Å². The molecule has 96 valence electrons. The van der Waals surface area contributed by atoms with Crippen LogP contribution in [0.2, 0.25) is 0 Å². The molecule has 0 aliphatic heterocycles. The summed E-state index contributed by atoms with van der Waals surface area (Å²) in [7, 11) is -2.14. The van der Waals surface area contributed by atoms with Crippen LogP contribution in [0.4, 0.5) is 0 Å². The highest BCUT2D eigenvalue weighted by Crippen LogP contribution is 2.00. The molecule has 1 N–H and O–H groups in total. The fourth-order valence-electron chi connectivity index (χ4n) is 1.10. The van der Waals surface area contributed by atoms with Crippen molar-refractivity contribution in [3.8, 4) is 0 Å². The Bertz CT molecular complexity index is 440. The number of sulfonamides is 1. The van der Waals surface area contributed by atoms with E-state index in [0.717, 1.165) is 0 Å². The summed E-state index contributed by atoms with van der Waals surface area (Å²) in [5, 5.41) is 3.45. The average Bonchev–Trinajstić information content (AvgIpc) is 2.79. The van der Waals surface area contributed by atoms with E-state index in [1.54, 1.807) is 6.07 Å². The van der Waals surface area contributed by atoms with E-state index in [1.807, 2.05) is 0 Å². The van der Waals surface area contributed by atoms with Crippen molar-refractivity contribution in [2.45, 2.75) is 19.4 Å². The van der Waals surface area contributed by atoms with Gasteiger partial charge in [0.2, 0.25) is 10.0 Å². The number of aromatic nitrogens is 1. The van der Waals surface area contributed by atoms with E-state index >= 15 is 0 Å². The summed E-state index contributed by atoms with van der Waals surface area (Å²) in [5.74, 6) is -0.118. The molecule has 1 aromatic heterocycles. The number of rotatable bonds is 7. The van der Waals surface area contributed by atoms with Gasteiger partial charge < -0.3 is 9.26 Å². The van der Waals surface area contributed by atoms with Gasteiger partial charge in [0.25, 0.3) is 0 Å². The van der Waals surface area contributed by atoms with Gasteiger partial charge in [-0.1, -0.05) is 5.16 Å². The van der Waals surface area contributed by atoms with Crippen molar-refractivity contribution in [3.05, 3.63) is 18.0 Å². The summed E-state index contributed by atoms with van der Waals surface area (Å²) < 4.78 is 34.4. The predicted molar refractivity (Wildman–Crippen MR) is 58.4 cm³/mol. The van der Waals surface area contributed by atoms with Gasteiger partial charge in [-0.15, -0.1) is 0 Å². The largest absolute Gasteiger partial charge is 0.469 e. The standard InChI is InChI=1S/C9H14N2O5S/c1-15-9(12)3-2-6-17(13,14)11-7-8-4-5-10-16-8/h4-5,11H,2-3,6-7H2,1H3. The van der Waals surface area contributed by atoms with Crippen LogP contribution in [0.5, 0.6) is 0 Å². The van der Waals surface area contributed by atoms with Crippen LogP contribution in [0.3, 0.4) is 0 Å². The molecule has 0 bridgehead atoms. The average molecular weight is 262 g/mol. The van der Waals surface area contributed by atoms with Crippen LogP contribution < -0.4 is 4.72 Å². The van der Waals surface area contributed by atoms with Gasteiger partial charge in [0.1, 0.15) is 0 Å². The molecule has 0 aromatic carbocycles. The van der Waals surface area contributed by atoms with Crippen LogP contribution in [0, 0.1) is 0 Å². The fraction of sp³-hybridized carbons (Fsp3) is 0.556. The lowest BCUT2D eigenvalue weighted by Gasteiger charge is -2.04. The molecular weight excluding hydrogens is 248 g/mol. The zero-order valence-corrected chi connectivity index (χ0v) is 10.2. The number of nitrogens with zero attached hydrogens (tertiary/aromatic N) is 1. The minimum atomic E-state index is -3.41. The Morgan fingerprint density at radius 3 is 2.94 bits per heavy atom. The Hall–Kier alpha value is -1.41. The van der Waals surface area contributed by atoms with Gasteiger partial charge in [0, 0.05) is 12.5 Å². The van der Waals surface area contributed by atoms with Gasteiger partial charge in [-0.25, -0.2) is 13.1 Å². The van der Waals surface area contributed by atoms with Crippen molar-refractivity contribution in [1.29, 1.82) is 0 Å². The molecule has 0 atom stereocenters. The quantitative estimate of drug-likeness (QED) is 0.697. The van der Waals surface area contributed by atoms with Crippen molar-refractivity contribution >= 4 is 16.0 Å². The van der Waals surface area contributed by atoms with Gasteiger partial charge in [-0.3, -0.25) is 4.79 Å². The predicted octanol–water partition coefficient (Wildman–Crippen LogP) is 0.0472. The van der Waals surface area contributed by atoms with Gasteiger partial charge in [0.05, 0.1) is 25.6 Å². The van der Waals surface area contributed by atoms with E-state index in [0.29, 0.717) is 5.76 Å². The fourth-order valence-corrected chi connectivity index (χ4v) is 2.13. The first-order valence-corrected chi connectivity index (χ1v) is 6.62. The molecule has 8 heteroatoms. The summed E-state index contributed by atoms with van der Waals surface area (Å²) in [5.41, 5.74) is 0. The van der Waals surface area contributed by atoms with E-state index in [4.69, 9.17) is 4.52 Å². The lowest BCUT2D eigenvalue weighted by molar-refractivity contribution is -0.140. The number of carbonyl (C=O) groups excluding carboxylic acids is 1. The van der Waals surface area contributed by atoms with Crippen molar-refractivity contribution in [2.75, 3.05) is 12.9 Å². The Labute approximate surface area is 99.2 Å². The van der Waals surface area contributed by atoms with Crippen LogP contribution in [-0.4, -0.2) is 32.4 Å². The molecule has 1 rings (SSSR count). The van der Waals surface area contributed by atoms with Gasteiger partial charge in [0.15, 0.2) is 5.76 Å². The third-order valence-corrected chi connectivity index (χ3v) is 3.39. The zero-order chi connectivity index (χ0) is 12.7. The molecule has 0 fully saturated rings. The monoisotopic (exact) mass is 262 g/mol. The van der Waals surface area contributed by atoms with Crippen molar-refractivity contribution < 1.29 is 22.5 Å². The molecule has 0 saturated heterocycles. The Kier molecular flexibility index (Phi) is 5.11. The van der Waals surface area contributed by atoms with E-state index < -0.39 is 16.0 Å². The number of ether oxygens (including phenoxy) is 1. The smallest absolute Gasteiger partial charge is 0.305 e. The van der Waals surface area contributed by atoms with Crippen LogP contribution in [0.1, 0.15) is 18.6 Å². The first-order chi connectivity index (χ1) is 8.03. The molecule has 0 aliphatic carbocycles. The third kappa shape index (κ3) is 5.45. The molecule has 17 heavy (non-hydrogen) atoms. The van der Waals surface area contributed by atoms with E-state index in [2.05, 4.69) is 14.6 Å². The highest BCUT2D eigenvalue weighted by molar-refractivity contribution is 7.89. The highest BCUT2D eigenvalue weighted by atomic mass is 32.2. The van der Waals surface area contributed by atoms with Gasteiger partial charge in [-0.2, -0.15) is 0 Å². The van der Waals surface area contributed by atoms with Crippen molar-refractivity contribution in [3.63, 3.8) is 0 Å². The molecule has 0 spiro atoms. The maximum atomic E-state index is 11.5. The van der Waals surface area contributed by atoms with E-state index in [-0.39, 0.29) is 25.1 Å². The molecule has 1 aromatic rings. The summed E-state index contributed by atoms with van der Waals surface area (Å²) >= 11 is 0. The van der Waals surface area contributed by atoms with Crippen LogP contribution >= 0.6 is 0 Å². The summed E-state index contributed by atoms with van der Waals surface area (Å²) in [6.07, 6.45) is 1.74. The Balaban J connectivity index is 2.29. The van der Waals surface area contributed by atoms with Crippen LogP contribution in [0.15, 0.2) is 16.8 Å². The number of hydrogen-bond donors (Lipinski definition) is 1. The maximum absolute atomic E-state index is 11.5. The summed E-state index contributed by atoms with van der Waals surface area (Å²) in [6, 6.07) is 1.57. The summed E-state index contributed by atoms with van der Waals surface area (Å²) in [4.78, 5) is 10.8. The number of carbonyl (C=O) groups is 1. The normalized spacial score (nSPS) is 11.4. The lowest BCUT2D eigenvalue weighted by Crippen LogP contribution is -2.26. The molecule has 0 saturated carbocycles. The Morgan fingerprint density at radius 1 is 1.59 bits per heavy atom. The first kappa shape index (κ1) is 13.7. The minimum Gasteiger partial charge on any atom is -0.469 e. The molecule has 0 aliphatic rings. The zero-order valence-electron chi connectivity index (χ0n) is 9.38. The second-order valence-electron chi connectivity index (χ2n) is 3.30. The second-order valence-corrected chi connectivity index (χ2v) is 5.22.